The molecule has 0 saturated heterocycles. The highest BCUT2D eigenvalue weighted by atomic mass is 19.4. The van der Waals surface area contributed by atoms with E-state index < -0.39 is 17.8 Å². The molecule has 0 aromatic carbocycles. The molecule has 0 unspecified atom stereocenters. The van der Waals surface area contributed by atoms with Gasteiger partial charge in [0.25, 0.3) is 5.91 Å². The minimum Gasteiger partial charge on any atom is -0.319 e. The summed E-state index contributed by atoms with van der Waals surface area (Å²) in [5, 5.41) is 14.9. The van der Waals surface area contributed by atoms with Crippen molar-refractivity contribution in [3.05, 3.63) is 59.6 Å². The lowest BCUT2D eigenvalue weighted by molar-refractivity contribution is -0.142. The molecule has 1 aliphatic rings. The number of hydrogen-bond acceptors (Lipinski definition) is 5. The molecule has 0 spiro atoms. The zero-order valence-corrected chi connectivity index (χ0v) is 17.0. The highest BCUT2D eigenvalue weighted by Crippen LogP contribution is 2.41. The van der Waals surface area contributed by atoms with Gasteiger partial charge in [0.05, 0.1) is 30.8 Å². The van der Waals surface area contributed by atoms with Crippen LogP contribution in [0.4, 0.5) is 18.9 Å². The number of aromatic nitrogens is 7. The zero-order chi connectivity index (χ0) is 22.5. The van der Waals surface area contributed by atoms with Crippen LogP contribution in [0.2, 0.25) is 0 Å². The van der Waals surface area contributed by atoms with E-state index in [0.29, 0.717) is 22.4 Å². The van der Waals surface area contributed by atoms with E-state index in [1.54, 1.807) is 21.8 Å². The highest BCUT2D eigenvalue weighted by Gasteiger charge is 2.38. The van der Waals surface area contributed by atoms with Crippen molar-refractivity contribution in [2.45, 2.75) is 44.9 Å². The quantitative estimate of drug-likeness (QED) is 0.492. The number of hydrogen-bond donors (Lipinski definition) is 1. The Bertz CT molecular complexity index is 1300. The summed E-state index contributed by atoms with van der Waals surface area (Å²) in [7, 11) is 0. The number of carbonyl (C=O) groups excluding carboxylic acids is 1. The third-order valence-corrected chi connectivity index (χ3v) is 5.27. The minimum absolute atomic E-state index is 0.0118. The number of aryl methyl sites for hydroxylation is 1. The summed E-state index contributed by atoms with van der Waals surface area (Å²) < 4.78 is 44.7. The summed E-state index contributed by atoms with van der Waals surface area (Å²) in [5.41, 5.74) is 0.607. The Morgan fingerprint density at radius 1 is 1.12 bits per heavy atom. The van der Waals surface area contributed by atoms with Crippen molar-refractivity contribution in [3.63, 3.8) is 0 Å². The first-order valence-corrected chi connectivity index (χ1v) is 10.1. The molecule has 1 fully saturated rings. The standard InChI is InChI=1S/C20H19F3N8O/c1-2-29-9-12(6-24-29)10-30-11-14(7-25-30)27-19(32)15-8-26-31-17(20(21,22)23)5-16(13-3-4-13)28-18(15)31/h5-9,11,13H,2-4,10H2,1H3,(H,27,32). The molecule has 4 heterocycles. The number of anilines is 1. The van der Waals surface area contributed by atoms with Crippen molar-refractivity contribution in [3.8, 4) is 0 Å². The molecule has 0 aliphatic heterocycles. The van der Waals surface area contributed by atoms with Crippen LogP contribution in [0.15, 0.2) is 37.1 Å². The summed E-state index contributed by atoms with van der Waals surface area (Å²) in [6, 6.07) is 1.02. The van der Waals surface area contributed by atoms with Gasteiger partial charge in [0.1, 0.15) is 11.3 Å². The van der Waals surface area contributed by atoms with Gasteiger partial charge in [-0.3, -0.25) is 14.2 Å². The van der Waals surface area contributed by atoms with E-state index in [4.69, 9.17) is 0 Å². The Morgan fingerprint density at radius 2 is 1.91 bits per heavy atom. The molecule has 32 heavy (non-hydrogen) atoms. The van der Waals surface area contributed by atoms with Gasteiger partial charge >= 0.3 is 6.18 Å². The topological polar surface area (TPSA) is 94.9 Å². The molecule has 1 amide bonds. The zero-order valence-electron chi connectivity index (χ0n) is 17.0. The van der Waals surface area contributed by atoms with E-state index in [9.17, 15) is 18.0 Å². The number of carbonyl (C=O) groups is 1. The third-order valence-electron chi connectivity index (χ3n) is 5.27. The van der Waals surface area contributed by atoms with Gasteiger partial charge in [-0.1, -0.05) is 0 Å². The molecule has 0 radical (unpaired) electrons. The maximum Gasteiger partial charge on any atom is 0.433 e. The predicted octanol–water partition coefficient (Wildman–Crippen LogP) is 3.34. The number of nitrogens with zero attached hydrogens (tertiary/aromatic N) is 7. The van der Waals surface area contributed by atoms with Crippen LogP contribution in [-0.4, -0.2) is 40.1 Å². The second kappa shape index (κ2) is 7.46. The van der Waals surface area contributed by atoms with E-state index in [1.165, 1.54) is 6.20 Å². The van der Waals surface area contributed by atoms with E-state index in [2.05, 4.69) is 25.6 Å². The number of fused-ring (bicyclic) bond motifs is 1. The van der Waals surface area contributed by atoms with Crippen LogP contribution >= 0.6 is 0 Å². The van der Waals surface area contributed by atoms with Crippen molar-refractivity contribution in [2.75, 3.05) is 5.32 Å². The maximum atomic E-state index is 13.5. The van der Waals surface area contributed by atoms with Crippen LogP contribution in [0.1, 0.15) is 53.0 Å². The van der Waals surface area contributed by atoms with Crippen molar-refractivity contribution in [1.82, 2.24) is 34.2 Å². The molecule has 0 bridgehead atoms. The van der Waals surface area contributed by atoms with E-state index >= 15 is 0 Å². The van der Waals surface area contributed by atoms with Crippen LogP contribution in [0, 0.1) is 0 Å². The van der Waals surface area contributed by atoms with Crippen molar-refractivity contribution in [1.29, 1.82) is 0 Å². The first-order valence-electron chi connectivity index (χ1n) is 10.1. The summed E-state index contributed by atoms with van der Waals surface area (Å²) >= 11 is 0. The van der Waals surface area contributed by atoms with Gasteiger partial charge in [-0.05, 0) is 25.8 Å². The molecular formula is C20H19F3N8O. The fourth-order valence-corrected chi connectivity index (χ4v) is 3.49. The van der Waals surface area contributed by atoms with E-state index in [1.807, 2.05) is 13.1 Å². The summed E-state index contributed by atoms with van der Waals surface area (Å²) in [6.07, 6.45) is 4.81. The molecule has 4 aromatic heterocycles. The fourth-order valence-electron chi connectivity index (χ4n) is 3.49. The van der Waals surface area contributed by atoms with Gasteiger partial charge in [-0.2, -0.15) is 28.5 Å². The number of amides is 1. The Labute approximate surface area is 179 Å². The second-order valence-electron chi connectivity index (χ2n) is 7.72. The van der Waals surface area contributed by atoms with Gasteiger partial charge in [0, 0.05) is 36.1 Å². The van der Waals surface area contributed by atoms with E-state index in [0.717, 1.165) is 37.2 Å². The van der Waals surface area contributed by atoms with Crippen LogP contribution in [-0.2, 0) is 19.3 Å². The Hall–Kier alpha value is -3.70. The predicted molar refractivity (Wildman–Crippen MR) is 107 cm³/mol. The van der Waals surface area contributed by atoms with Gasteiger partial charge in [0.15, 0.2) is 5.65 Å². The molecule has 5 rings (SSSR count). The summed E-state index contributed by atoms with van der Waals surface area (Å²) in [5.74, 6) is -0.617. The first-order chi connectivity index (χ1) is 15.3. The van der Waals surface area contributed by atoms with Crippen LogP contribution in [0.25, 0.3) is 5.65 Å². The van der Waals surface area contributed by atoms with Crippen LogP contribution in [0.3, 0.4) is 0 Å². The molecule has 1 saturated carbocycles. The first kappa shape index (κ1) is 20.2. The molecule has 166 valence electrons. The SMILES string of the molecule is CCn1cc(Cn2cc(NC(=O)c3cnn4c(C(F)(F)F)cc(C5CC5)nc34)cn2)cn1. The monoisotopic (exact) mass is 444 g/mol. The molecule has 9 nitrogen and oxygen atoms in total. The average Bonchev–Trinajstić information content (AvgIpc) is 3.14. The molecule has 12 heteroatoms. The minimum atomic E-state index is -4.61. The average molecular weight is 444 g/mol. The van der Waals surface area contributed by atoms with Crippen LogP contribution < -0.4 is 5.32 Å². The smallest absolute Gasteiger partial charge is 0.319 e. The highest BCUT2D eigenvalue weighted by molar-refractivity contribution is 6.08. The number of alkyl halides is 3. The summed E-state index contributed by atoms with van der Waals surface area (Å²) in [4.78, 5) is 17.1. The molecule has 0 atom stereocenters. The second-order valence-corrected chi connectivity index (χ2v) is 7.72. The Kier molecular flexibility index (Phi) is 4.72. The molecular weight excluding hydrogens is 425 g/mol. The van der Waals surface area contributed by atoms with Crippen molar-refractivity contribution in [2.24, 2.45) is 0 Å². The van der Waals surface area contributed by atoms with E-state index in [-0.39, 0.29) is 17.1 Å². The normalized spacial score (nSPS) is 14.2. The number of rotatable bonds is 6. The maximum absolute atomic E-state index is 13.5. The third kappa shape index (κ3) is 3.83. The largest absolute Gasteiger partial charge is 0.433 e. The van der Waals surface area contributed by atoms with Gasteiger partial charge < -0.3 is 5.32 Å². The molecule has 1 aliphatic carbocycles. The number of nitrogens with one attached hydrogen (secondary N) is 1. The van der Waals surface area contributed by atoms with Gasteiger partial charge in [0.2, 0.25) is 0 Å². The Balaban J connectivity index is 1.39. The molecule has 1 N–H and O–H groups in total. The lowest BCUT2D eigenvalue weighted by Crippen LogP contribution is -2.16. The number of halogens is 3. The lowest BCUT2D eigenvalue weighted by atomic mass is 10.2. The van der Waals surface area contributed by atoms with Gasteiger partial charge in [-0.25, -0.2) is 9.50 Å². The van der Waals surface area contributed by atoms with Crippen molar-refractivity contribution < 1.29 is 18.0 Å². The van der Waals surface area contributed by atoms with Gasteiger partial charge in [-0.15, -0.1) is 0 Å². The van der Waals surface area contributed by atoms with Crippen LogP contribution in [0.5, 0.6) is 0 Å². The van der Waals surface area contributed by atoms with Crippen molar-refractivity contribution >= 4 is 17.2 Å². The Morgan fingerprint density at radius 3 is 2.59 bits per heavy atom. The molecule has 4 aromatic rings. The lowest BCUT2D eigenvalue weighted by Gasteiger charge is -2.11. The fraction of sp³-hybridized carbons (Fsp3) is 0.350. The summed E-state index contributed by atoms with van der Waals surface area (Å²) in [6.45, 7) is 3.21.